The first kappa shape index (κ1) is 17.7. The Hall–Kier alpha value is -1.07. The number of hydrogen-bond acceptors (Lipinski definition) is 4. The van der Waals surface area contributed by atoms with Crippen LogP contribution in [0.25, 0.3) is 0 Å². The maximum atomic E-state index is 12.4. The quantitative estimate of drug-likeness (QED) is 0.698. The van der Waals surface area contributed by atoms with Crippen LogP contribution in [0.2, 0.25) is 0 Å². The van der Waals surface area contributed by atoms with Crippen molar-refractivity contribution in [3.8, 4) is 0 Å². The Kier molecular flexibility index (Phi) is 5.50. The molecule has 1 aromatic heterocycles. The van der Waals surface area contributed by atoms with Gasteiger partial charge in [-0.15, -0.1) is 11.3 Å². The monoisotopic (exact) mass is 350 g/mol. The van der Waals surface area contributed by atoms with Gasteiger partial charge in [-0.3, -0.25) is 0 Å². The van der Waals surface area contributed by atoms with Crippen LogP contribution in [0.3, 0.4) is 0 Å². The van der Waals surface area contributed by atoms with Crippen molar-refractivity contribution in [3.05, 3.63) is 22.4 Å². The number of carbonyl (C=O) groups is 1. The maximum Gasteiger partial charge on any atom is 0.410 e. The summed E-state index contributed by atoms with van der Waals surface area (Å²) < 4.78 is 5.55. The Morgan fingerprint density at radius 2 is 2.12 bits per heavy atom. The topological polar surface area (TPSA) is 41.6 Å². The van der Waals surface area contributed by atoms with E-state index in [1.165, 1.54) is 17.7 Å². The van der Waals surface area contributed by atoms with Crippen LogP contribution >= 0.6 is 11.3 Å². The second kappa shape index (κ2) is 7.44. The molecule has 1 heterocycles. The third-order valence-corrected chi connectivity index (χ3v) is 5.45. The van der Waals surface area contributed by atoms with Crippen molar-refractivity contribution in [1.82, 2.24) is 10.2 Å². The molecular weight excluding hydrogens is 320 g/mol. The molecule has 4 nitrogen and oxygen atoms in total. The van der Waals surface area contributed by atoms with E-state index in [0.717, 1.165) is 38.3 Å². The first-order valence-electron chi connectivity index (χ1n) is 9.20. The molecule has 2 fully saturated rings. The highest BCUT2D eigenvalue weighted by atomic mass is 32.1. The van der Waals surface area contributed by atoms with Crippen LogP contribution in [-0.2, 0) is 4.74 Å². The van der Waals surface area contributed by atoms with Gasteiger partial charge in [-0.25, -0.2) is 4.79 Å². The summed E-state index contributed by atoms with van der Waals surface area (Å²) in [6.45, 7) is 7.52. The molecule has 3 rings (SSSR count). The van der Waals surface area contributed by atoms with Crippen LogP contribution in [0.1, 0.15) is 63.8 Å². The summed E-state index contributed by atoms with van der Waals surface area (Å²) in [4.78, 5) is 15.7. The minimum atomic E-state index is -0.418. The van der Waals surface area contributed by atoms with Crippen molar-refractivity contribution in [3.63, 3.8) is 0 Å². The largest absolute Gasteiger partial charge is 0.444 e. The molecule has 0 bridgehead atoms. The average Bonchev–Trinajstić information content (AvgIpc) is 3.41. The summed E-state index contributed by atoms with van der Waals surface area (Å²) in [7, 11) is 0. The Bertz CT molecular complexity index is 530. The van der Waals surface area contributed by atoms with Crippen molar-refractivity contribution in [1.29, 1.82) is 0 Å². The van der Waals surface area contributed by atoms with E-state index in [-0.39, 0.29) is 6.09 Å². The molecule has 0 radical (unpaired) electrons. The predicted octanol–water partition coefficient (Wildman–Crippen LogP) is 4.58. The van der Waals surface area contributed by atoms with Gasteiger partial charge in [-0.2, -0.15) is 0 Å². The number of nitrogens with one attached hydrogen (secondary N) is 1. The van der Waals surface area contributed by atoms with E-state index >= 15 is 0 Å². The molecule has 0 saturated heterocycles. The molecule has 1 unspecified atom stereocenters. The third kappa shape index (κ3) is 5.21. The van der Waals surface area contributed by atoms with Crippen molar-refractivity contribution < 1.29 is 9.53 Å². The summed E-state index contributed by atoms with van der Waals surface area (Å²) in [5, 5.41) is 5.87. The Morgan fingerprint density at radius 3 is 2.67 bits per heavy atom. The number of ether oxygens (including phenoxy) is 1. The fraction of sp³-hybridized carbons (Fsp3) is 0.737. The zero-order valence-corrected chi connectivity index (χ0v) is 15.9. The predicted molar refractivity (Wildman–Crippen MR) is 98.4 cm³/mol. The first-order chi connectivity index (χ1) is 11.4. The van der Waals surface area contributed by atoms with E-state index in [2.05, 4.69) is 22.8 Å². The minimum Gasteiger partial charge on any atom is -0.444 e. The number of hydrogen-bond donors (Lipinski definition) is 1. The molecule has 1 aromatic rings. The van der Waals surface area contributed by atoms with Crippen LogP contribution in [-0.4, -0.2) is 35.7 Å². The summed E-state index contributed by atoms with van der Waals surface area (Å²) in [5.41, 5.74) is -0.418. The van der Waals surface area contributed by atoms with E-state index in [9.17, 15) is 4.79 Å². The van der Waals surface area contributed by atoms with Gasteiger partial charge in [0.1, 0.15) is 5.60 Å². The van der Waals surface area contributed by atoms with Gasteiger partial charge in [-0.05, 0) is 76.8 Å². The van der Waals surface area contributed by atoms with E-state index in [4.69, 9.17) is 4.74 Å². The summed E-state index contributed by atoms with van der Waals surface area (Å²) in [6.07, 6.45) is 5.73. The number of amides is 1. The van der Waals surface area contributed by atoms with E-state index in [0.29, 0.717) is 12.1 Å². The van der Waals surface area contributed by atoms with Gasteiger partial charge >= 0.3 is 6.09 Å². The molecule has 0 aliphatic heterocycles. The van der Waals surface area contributed by atoms with Crippen molar-refractivity contribution in [2.45, 2.75) is 70.6 Å². The van der Waals surface area contributed by atoms with Crippen LogP contribution in [0.4, 0.5) is 4.79 Å². The second-order valence-corrected chi connectivity index (χ2v) is 9.02. The molecule has 1 amide bonds. The molecule has 0 spiro atoms. The van der Waals surface area contributed by atoms with E-state index in [1.54, 1.807) is 0 Å². The Labute approximate surface area is 149 Å². The molecule has 0 aromatic carbocycles. The Balaban J connectivity index is 1.44. The van der Waals surface area contributed by atoms with Gasteiger partial charge < -0.3 is 15.0 Å². The van der Waals surface area contributed by atoms with Crippen LogP contribution in [0, 0.1) is 5.92 Å². The van der Waals surface area contributed by atoms with Crippen LogP contribution in [0.5, 0.6) is 0 Å². The van der Waals surface area contributed by atoms with E-state index in [1.807, 2.05) is 37.0 Å². The van der Waals surface area contributed by atoms with Gasteiger partial charge in [0.25, 0.3) is 0 Å². The smallest absolute Gasteiger partial charge is 0.410 e. The number of carbonyl (C=O) groups excluding carboxylic acids is 1. The Morgan fingerprint density at radius 1 is 1.38 bits per heavy atom. The molecular formula is C19H30N2O2S. The lowest BCUT2D eigenvalue weighted by Gasteiger charge is -2.27. The highest BCUT2D eigenvalue weighted by Crippen LogP contribution is 2.42. The fourth-order valence-electron chi connectivity index (χ4n) is 3.03. The van der Waals surface area contributed by atoms with Gasteiger partial charge in [0, 0.05) is 23.5 Å². The molecule has 5 heteroatoms. The van der Waals surface area contributed by atoms with Crippen molar-refractivity contribution >= 4 is 17.4 Å². The zero-order valence-electron chi connectivity index (χ0n) is 15.1. The second-order valence-electron chi connectivity index (χ2n) is 8.04. The maximum absolute atomic E-state index is 12.4. The van der Waals surface area contributed by atoms with Crippen LogP contribution < -0.4 is 5.32 Å². The SMILES string of the molecule is CC(C)(C)OC(=O)N(CCCNC(c1cccs1)C1CC1)C1CC1. The fourth-order valence-corrected chi connectivity index (χ4v) is 3.93. The number of nitrogens with zero attached hydrogens (tertiary/aromatic N) is 1. The first-order valence-corrected chi connectivity index (χ1v) is 10.1. The molecule has 2 aliphatic carbocycles. The lowest BCUT2D eigenvalue weighted by molar-refractivity contribution is 0.0231. The summed E-state index contributed by atoms with van der Waals surface area (Å²) >= 11 is 1.84. The highest BCUT2D eigenvalue weighted by molar-refractivity contribution is 7.10. The van der Waals surface area contributed by atoms with Gasteiger partial charge in [0.15, 0.2) is 0 Å². The van der Waals surface area contributed by atoms with Gasteiger partial charge in [0.2, 0.25) is 0 Å². The zero-order chi connectivity index (χ0) is 17.2. The lowest BCUT2D eigenvalue weighted by Crippen LogP contribution is -2.39. The summed E-state index contributed by atoms with van der Waals surface area (Å²) in [5.74, 6) is 0.800. The standard InChI is InChI=1S/C19H30N2O2S/c1-19(2,3)23-18(22)21(15-9-10-15)12-5-11-20-17(14-7-8-14)16-6-4-13-24-16/h4,6,13-15,17,20H,5,7-12H2,1-3H3. The number of rotatable bonds is 8. The highest BCUT2D eigenvalue weighted by Gasteiger charge is 2.35. The lowest BCUT2D eigenvalue weighted by atomic mass is 10.1. The molecule has 2 saturated carbocycles. The molecule has 24 heavy (non-hydrogen) atoms. The van der Waals surface area contributed by atoms with Gasteiger partial charge in [0.05, 0.1) is 0 Å². The molecule has 2 aliphatic rings. The minimum absolute atomic E-state index is 0.151. The van der Waals surface area contributed by atoms with Gasteiger partial charge in [-0.1, -0.05) is 6.07 Å². The normalized spacial score (nSPS) is 19.1. The molecule has 134 valence electrons. The molecule has 1 atom stereocenters. The van der Waals surface area contributed by atoms with Crippen molar-refractivity contribution in [2.75, 3.05) is 13.1 Å². The third-order valence-electron chi connectivity index (χ3n) is 4.50. The summed E-state index contributed by atoms with van der Waals surface area (Å²) in [6, 6.07) is 5.27. The van der Waals surface area contributed by atoms with Crippen molar-refractivity contribution in [2.24, 2.45) is 5.92 Å². The average molecular weight is 351 g/mol. The number of thiophene rings is 1. The van der Waals surface area contributed by atoms with E-state index < -0.39 is 5.60 Å². The van der Waals surface area contributed by atoms with Crippen LogP contribution in [0.15, 0.2) is 17.5 Å². The molecule has 1 N–H and O–H groups in total.